The molecule has 41 heavy (non-hydrogen) atoms. The summed E-state index contributed by atoms with van der Waals surface area (Å²) in [7, 11) is 0. The Hall–Kier alpha value is -3.03. The van der Waals surface area contributed by atoms with Gasteiger partial charge in [0.25, 0.3) is 5.91 Å². The van der Waals surface area contributed by atoms with E-state index in [0.717, 1.165) is 16.7 Å². The highest BCUT2D eigenvalue weighted by atomic mass is 35.5. The highest BCUT2D eigenvalue weighted by Gasteiger charge is 2.16. The number of hydrogen-bond donors (Lipinski definition) is 2. The van der Waals surface area contributed by atoms with Crippen molar-refractivity contribution in [2.45, 2.75) is 74.3 Å². The summed E-state index contributed by atoms with van der Waals surface area (Å²) in [4.78, 5) is 24.4. The topological polar surface area (TPSA) is 75.6 Å². The van der Waals surface area contributed by atoms with Gasteiger partial charge in [0, 0.05) is 30.3 Å². The van der Waals surface area contributed by atoms with Crippen LogP contribution in [0.3, 0.4) is 0 Å². The lowest BCUT2D eigenvalue weighted by molar-refractivity contribution is -0.137. The van der Waals surface area contributed by atoms with E-state index >= 15 is 0 Å². The minimum absolute atomic E-state index is 0.0197. The Bertz CT molecular complexity index is 1180. The number of rotatable bonds is 13. The molecular formula is C33H45ClFNO4S. The van der Waals surface area contributed by atoms with Crippen LogP contribution in [0, 0.1) is 18.7 Å². The Balaban J connectivity index is 0.00000299. The number of allylic oxidation sites excluding steroid dienone is 2. The lowest BCUT2D eigenvalue weighted by atomic mass is 10.0. The zero-order valence-corrected chi connectivity index (χ0v) is 26.9. The zero-order chi connectivity index (χ0) is 31.4. The zero-order valence-electron chi connectivity index (χ0n) is 25.4. The van der Waals surface area contributed by atoms with E-state index in [9.17, 15) is 14.0 Å². The van der Waals surface area contributed by atoms with E-state index in [2.05, 4.69) is 25.7 Å². The van der Waals surface area contributed by atoms with Crippen molar-refractivity contribution in [1.29, 1.82) is 0 Å². The first-order valence-electron chi connectivity index (χ1n) is 13.8. The molecule has 2 aromatic rings. The van der Waals surface area contributed by atoms with Crippen molar-refractivity contribution in [2.24, 2.45) is 5.92 Å². The molecule has 0 bridgehead atoms. The Morgan fingerprint density at radius 1 is 1.17 bits per heavy atom. The molecule has 1 unspecified atom stereocenters. The summed E-state index contributed by atoms with van der Waals surface area (Å²) in [5.74, 6) is -0.236. The summed E-state index contributed by atoms with van der Waals surface area (Å²) in [5.41, 5.74) is 4.66. The Morgan fingerprint density at radius 2 is 1.83 bits per heavy atom. The first kappa shape index (κ1) is 38.0. The van der Waals surface area contributed by atoms with Crippen LogP contribution in [-0.2, 0) is 22.6 Å². The fraction of sp³-hybridized carbons (Fsp3) is 0.394. The maximum Gasteiger partial charge on any atom is 0.303 e. The molecule has 226 valence electrons. The average Bonchev–Trinajstić information content (AvgIpc) is 2.93. The van der Waals surface area contributed by atoms with Crippen LogP contribution in [0.5, 0.6) is 11.5 Å². The number of aliphatic carboxylic acids is 1. The number of carboxylic acid groups (broad SMARTS) is 1. The van der Waals surface area contributed by atoms with Gasteiger partial charge in [0.15, 0.2) is 0 Å². The Labute approximate surface area is 254 Å². The fourth-order valence-corrected chi connectivity index (χ4v) is 4.51. The van der Waals surface area contributed by atoms with Crippen LogP contribution in [0.15, 0.2) is 71.1 Å². The maximum absolute atomic E-state index is 14.3. The van der Waals surface area contributed by atoms with Gasteiger partial charge in [0.1, 0.15) is 17.3 Å². The minimum atomic E-state index is -0.854. The van der Waals surface area contributed by atoms with Crippen molar-refractivity contribution < 1.29 is 23.8 Å². The molecular weight excluding hydrogens is 561 g/mol. The molecule has 0 saturated carbocycles. The molecule has 0 fully saturated rings. The maximum atomic E-state index is 14.3. The van der Waals surface area contributed by atoms with Crippen LogP contribution in [0.25, 0.3) is 0 Å². The number of halogens is 2. The number of thioether (sulfide) groups is 1. The van der Waals surface area contributed by atoms with Crippen LogP contribution in [0.2, 0.25) is 0 Å². The molecule has 2 rings (SSSR count). The molecule has 0 aromatic heterocycles. The Morgan fingerprint density at radius 3 is 2.39 bits per heavy atom. The number of hydrogen-bond acceptors (Lipinski definition) is 4. The third kappa shape index (κ3) is 15.0. The van der Waals surface area contributed by atoms with E-state index < -0.39 is 11.8 Å². The highest BCUT2D eigenvalue weighted by molar-refractivity contribution is 8.04. The van der Waals surface area contributed by atoms with Crippen LogP contribution >= 0.6 is 23.4 Å². The number of nitrogens with one attached hydrogen (secondary N) is 1. The monoisotopic (exact) mass is 605 g/mol. The molecule has 1 atom stereocenters. The average molecular weight is 606 g/mol. The van der Waals surface area contributed by atoms with Gasteiger partial charge in [0.05, 0.1) is 4.91 Å². The van der Waals surface area contributed by atoms with Gasteiger partial charge in [-0.1, -0.05) is 70.9 Å². The van der Waals surface area contributed by atoms with Gasteiger partial charge in [-0.25, -0.2) is 4.39 Å². The molecule has 0 aliphatic heterocycles. The minimum Gasteiger partial charge on any atom is -0.481 e. The molecule has 0 spiro atoms. The number of amides is 1. The van der Waals surface area contributed by atoms with Crippen molar-refractivity contribution in [3.8, 4) is 11.5 Å². The number of benzene rings is 2. The van der Waals surface area contributed by atoms with E-state index in [-0.39, 0.29) is 24.8 Å². The van der Waals surface area contributed by atoms with Crippen LogP contribution in [0.1, 0.15) is 71.1 Å². The molecule has 0 aliphatic carbocycles. The van der Waals surface area contributed by atoms with Crippen LogP contribution in [-0.4, -0.2) is 22.7 Å². The number of aryl methyl sites for hydroxylation is 2. The highest BCUT2D eigenvalue weighted by Crippen LogP contribution is 2.28. The lowest BCUT2D eigenvalue weighted by Gasteiger charge is -2.15. The van der Waals surface area contributed by atoms with Crippen molar-refractivity contribution in [1.82, 2.24) is 5.32 Å². The van der Waals surface area contributed by atoms with Gasteiger partial charge in [-0.2, -0.15) is 0 Å². The molecule has 0 heterocycles. The van der Waals surface area contributed by atoms with Crippen molar-refractivity contribution in [2.75, 3.05) is 5.75 Å². The largest absolute Gasteiger partial charge is 0.481 e. The third-order valence-electron chi connectivity index (χ3n) is 5.50. The molecule has 2 N–H and O–H groups in total. The van der Waals surface area contributed by atoms with Gasteiger partial charge in [-0.05, 0) is 72.7 Å². The molecule has 0 aliphatic rings. The molecule has 0 radical (unpaired) electrons. The van der Waals surface area contributed by atoms with E-state index in [4.69, 9.17) is 21.4 Å². The second-order valence-corrected chi connectivity index (χ2v) is 10.3. The van der Waals surface area contributed by atoms with Crippen molar-refractivity contribution in [3.05, 3.63) is 93.7 Å². The summed E-state index contributed by atoms with van der Waals surface area (Å²) in [5, 5.41) is 11.7. The van der Waals surface area contributed by atoms with Gasteiger partial charge in [-0.15, -0.1) is 18.3 Å². The fourth-order valence-electron chi connectivity index (χ4n) is 3.40. The molecule has 5 nitrogen and oxygen atoms in total. The smallest absolute Gasteiger partial charge is 0.303 e. The predicted molar refractivity (Wildman–Crippen MR) is 172 cm³/mol. The number of carbonyl (C=O) groups is 2. The van der Waals surface area contributed by atoms with Gasteiger partial charge >= 0.3 is 5.97 Å². The summed E-state index contributed by atoms with van der Waals surface area (Å²) in [6.07, 6.45) is 5.25. The molecule has 8 heteroatoms. The number of carbonyl (C=O) groups excluding carboxylic acids is 1. The second-order valence-electron chi connectivity index (χ2n) is 8.99. The summed E-state index contributed by atoms with van der Waals surface area (Å²) in [6.45, 7) is 17.8. The van der Waals surface area contributed by atoms with Gasteiger partial charge in [0.2, 0.25) is 0 Å². The summed E-state index contributed by atoms with van der Waals surface area (Å²) in [6, 6.07) is 9.61. The third-order valence-corrected chi connectivity index (χ3v) is 6.84. The second kappa shape index (κ2) is 21.7. The summed E-state index contributed by atoms with van der Waals surface area (Å²) >= 11 is 7.09. The quantitative estimate of drug-likeness (QED) is 0.176. The van der Waals surface area contributed by atoms with Crippen LogP contribution < -0.4 is 10.1 Å². The van der Waals surface area contributed by atoms with Crippen molar-refractivity contribution in [3.63, 3.8) is 0 Å². The lowest BCUT2D eigenvalue weighted by Crippen LogP contribution is -2.25. The standard InChI is InChI=1S/C28H31ClFNO4S.C3H8.C2H6/c1-5-12-36-27(20(4)18(2)10-11-29)28(34)31-17-21-14-23(30)16-25(15-21)35-24-8-6-22(19(3)13-24)7-9-26(32)33;1-3-2;1-2/h5-6,8,10-11,13-16,18H,1,7,9,12,17H2,2-4H3,(H,31,34)(H,32,33);3H2,1-2H3;1-2H3/b11-10+,27-20-;;. The van der Waals surface area contributed by atoms with Gasteiger partial charge < -0.3 is 15.2 Å². The number of ether oxygens (including phenoxy) is 1. The van der Waals surface area contributed by atoms with E-state index in [1.807, 2.05) is 40.7 Å². The molecule has 0 saturated heterocycles. The normalized spacial score (nSPS) is 11.7. The van der Waals surface area contributed by atoms with E-state index in [1.165, 1.54) is 35.9 Å². The molecule has 1 amide bonds. The van der Waals surface area contributed by atoms with Crippen molar-refractivity contribution >= 4 is 35.2 Å². The van der Waals surface area contributed by atoms with E-state index in [1.54, 1.807) is 30.4 Å². The first-order valence-corrected chi connectivity index (χ1v) is 15.3. The van der Waals surface area contributed by atoms with E-state index in [0.29, 0.717) is 34.1 Å². The van der Waals surface area contributed by atoms with Crippen LogP contribution in [0.4, 0.5) is 4.39 Å². The Kier molecular flexibility index (Phi) is 20.1. The first-order chi connectivity index (χ1) is 19.6. The van der Waals surface area contributed by atoms with Gasteiger partial charge in [-0.3, -0.25) is 9.59 Å². The number of carboxylic acids is 1. The summed E-state index contributed by atoms with van der Waals surface area (Å²) < 4.78 is 20.2. The SMILES string of the molecule is C=CCS/C(C(=O)NCc1cc(F)cc(Oc2ccc(CCC(=O)O)c(C)c2)c1)=C(/C)C(C)/C=C/Cl.CC.CCC. The molecule has 2 aromatic carbocycles. The predicted octanol–water partition coefficient (Wildman–Crippen LogP) is 9.58.